The van der Waals surface area contributed by atoms with Crippen LogP contribution in [0.4, 0.5) is 26.7 Å². The first-order valence-electron chi connectivity index (χ1n) is 16.5. The summed E-state index contributed by atoms with van der Waals surface area (Å²) in [4.78, 5) is 15.0. The zero-order chi connectivity index (χ0) is 33.7. The van der Waals surface area contributed by atoms with Crippen LogP contribution in [0.25, 0.3) is 0 Å². The van der Waals surface area contributed by atoms with Gasteiger partial charge in [-0.25, -0.2) is 26.7 Å². The Morgan fingerprint density at radius 3 is 2.57 bits per heavy atom. The van der Waals surface area contributed by atoms with Crippen molar-refractivity contribution in [1.29, 1.82) is 0 Å². The van der Waals surface area contributed by atoms with Crippen LogP contribution in [0.2, 0.25) is 0 Å². The smallest absolute Gasteiger partial charge is 0.410 e. The molecule has 1 aliphatic heterocycles. The number of rotatable bonds is 10. The van der Waals surface area contributed by atoms with Crippen LogP contribution in [-0.2, 0) is 15.9 Å². The van der Waals surface area contributed by atoms with E-state index in [1.54, 1.807) is 4.90 Å². The Kier molecular flexibility index (Phi) is 12.6. The van der Waals surface area contributed by atoms with Crippen LogP contribution in [0, 0.1) is 17.3 Å². The van der Waals surface area contributed by atoms with Gasteiger partial charge in [-0.15, -0.1) is 11.8 Å². The van der Waals surface area contributed by atoms with Crippen molar-refractivity contribution in [3.05, 3.63) is 40.8 Å². The normalized spacial score (nSPS) is 29.1. The number of fused-ring (bicyclic) bond motifs is 5. The van der Waals surface area contributed by atoms with Gasteiger partial charge in [-0.3, -0.25) is 0 Å². The van der Waals surface area contributed by atoms with Crippen LogP contribution in [0.1, 0.15) is 82.8 Å². The SMILES string of the molecule is CCOC1C(F)CC2C3CCc4cc(OC(=O)N5CCOCC5)ccc4C3CCC21C.[B]C(F)(F)C(F)(F)CCCSC(=C)CC. The number of hydrogen-bond donors (Lipinski definition) is 0. The van der Waals surface area contributed by atoms with Crippen molar-refractivity contribution in [2.24, 2.45) is 17.3 Å². The van der Waals surface area contributed by atoms with E-state index in [1.807, 2.05) is 26.0 Å². The quantitative estimate of drug-likeness (QED) is 0.142. The monoisotopic (exact) mass is 671 g/mol. The minimum absolute atomic E-state index is 0.0104. The van der Waals surface area contributed by atoms with Crippen LogP contribution in [0.3, 0.4) is 0 Å². The Morgan fingerprint density at radius 2 is 1.91 bits per heavy atom. The molecule has 1 aromatic carbocycles. The van der Waals surface area contributed by atoms with E-state index >= 15 is 0 Å². The van der Waals surface area contributed by atoms with Crippen molar-refractivity contribution >= 4 is 25.7 Å². The molecule has 1 aromatic rings. The van der Waals surface area contributed by atoms with Gasteiger partial charge in [-0.1, -0.05) is 26.5 Å². The number of halogens is 5. The molecule has 4 aliphatic rings. The molecule has 6 unspecified atom stereocenters. The van der Waals surface area contributed by atoms with Crippen LogP contribution in [0.5, 0.6) is 5.75 Å². The Hall–Kier alpha value is -1.79. The number of hydrogen-bond acceptors (Lipinski definition) is 5. The van der Waals surface area contributed by atoms with Crippen molar-refractivity contribution in [2.75, 3.05) is 38.7 Å². The second kappa shape index (κ2) is 15.6. The predicted octanol–water partition coefficient (Wildman–Crippen LogP) is 8.55. The van der Waals surface area contributed by atoms with Crippen LogP contribution < -0.4 is 4.74 Å². The molecular weight excluding hydrogens is 624 g/mol. The maximum Gasteiger partial charge on any atom is 0.415 e. The van der Waals surface area contributed by atoms with Crippen molar-refractivity contribution in [3.8, 4) is 5.75 Å². The van der Waals surface area contributed by atoms with Gasteiger partial charge in [0.1, 0.15) is 11.9 Å². The molecule has 3 aliphatic carbocycles. The maximum atomic E-state index is 14.9. The van der Waals surface area contributed by atoms with E-state index in [9.17, 15) is 26.7 Å². The molecule has 0 bridgehead atoms. The summed E-state index contributed by atoms with van der Waals surface area (Å²) in [6.45, 7) is 12.6. The van der Waals surface area contributed by atoms with E-state index < -0.39 is 24.3 Å². The van der Waals surface area contributed by atoms with Crippen molar-refractivity contribution < 1.29 is 41.0 Å². The molecule has 0 aromatic heterocycles. The van der Waals surface area contributed by atoms with Gasteiger partial charge in [0.2, 0.25) is 0 Å². The molecule has 1 heterocycles. The average Bonchev–Trinajstić information content (AvgIpc) is 3.28. The molecule has 0 N–H and O–H groups in total. The summed E-state index contributed by atoms with van der Waals surface area (Å²) in [5.74, 6) is -6.21. The van der Waals surface area contributed by atoms with Gasteiger partial charge in [0.15, 0.2) is 7.85 Å². The van der Waals surface area contributed by atoms with Gasteiger partial charge in [-0.05, 0) is 109 Å². The first kappa shape index (κ1) is 37.0. The molecule has 12 heteroatoms. The molecule has 2 saturated carbocycles. The Labute approximate surface area is 275 Å². The molecular formula is C34H47BF5NO4S. The fraction of sp³-hybridized carbons (Fsp3) is 0.735. The van der Waals surface area contributed by atoms with Crippen LogP contribution >= 0.6 is 11.8 Å². The lowest BCUT2D eigenvalue weighted by Gasteiger charge is -2.50. The van der Waals surface area contributed by atoms with Gasteiger partial charge >= 0.3 is 6.09 Å². The molecule has 46 heavy (non-hydrogen) atoms. The lowest BCUT2D eigenvalue weighted by Crippen LogP contribution is -2.45. The highest BCUT2D eigenvalue weighted by Crippen LogP contribution is 2.62. The van der Waals surface area contributed by atoms with Crippen molar-refractivity contribution in [2.45, 2.75) is 102 Å². The minimum Gasteiger partial charge on any atom is -0.410 e. The molecule has 5 nitrogen and oxygen atoms in total. The number of ether oxygens (including phenoxy) is 3. The second-order valence-electron chi connectivity index (χ2n) is 13.1. The van der Waals surface area contributed by atoms with Gasteiger partial charge in [-0.2, -0.15) is 0 Å². The second-order valence-corrected chi connectivity index (χ2v) is 14.4. The fourth-order valence-corrected chi connectivity index (χ4v) is 8.49. The lowest BCUT2D eigenvalue weighted by molar-refractivity contribution is -0.161. The first-order valence-corrected chi connectivity index (χ1v) is 17.5. The molecule has 1 amide bonds. The Bertz CT molecular complexity index is 1200. The Balaban J connectivity index is 0.000000273. The summed E-state index contributed by atoms with van der Waals surface area (Å²) in [6, 6.07) is 6.13. The highest BCUT2D eigenvalue weighted by Gasteiger charge is 2.59. The van der Waals surface area contributed by atoms with E-state index in [1.165, 1.54) is 22.9 Å². The molecule has 256 valence electrons. The summed E-state index contributed by atoms with van der Waals surface area (Å²) in [5.41, 5.74) is 2.61. The number of amides is 1. The molecule has 0 spiro atoms. The van der Waals surface area contributed by atoms with Gasteiger partial charge in [0, 0.05) is 26.1 Å². The Morgan fingerprint density at radius 1 is 1.20 bits per heavy atom. The topological polar surface area (TPSA) is 48.0 Å². The van der Waals surface area contributed by atoms with E-state index in [0.29, 0.717) is 68.6 Å². The van der Waals surface area contributed by atoms with E-state index in [0.717, 1.165) is 37.0 Å². The lowest BCUT2D eigenvalue weighted by atomic mass is 9.55. The predicted molar refractivity (Wildman–Crippen MR) is 172 cm³/mol. The number of thioether (sulfide) groups is 1. The van der Waals surface area contributed by atoms with Crippen molar-refractivity contribution in [3.63, 3.8) is 0 Å². The van der Waals surface area contributed by atoms with Gasteiger partial charge < -0.3 is 19.1 Å². The maximum absolute atomic E-state index is 14.9. The third-order valence-electron chi connectivity index (χ3n) is 10.2. The van der Waals surface area contributed by atoms with E-state index in [4.69, 9.17) is 14.2 Å². The zero-order valence-electron chi connectivity index (χ0n) is 27.2. The fourth-order valence-electron chi connectivity index (χ4n) is 7.71. The summed E-state index contributed by atoms with van der Waals surface area (Å²) >= 11 is 1.31. The van der Waals surface area contributed by atoms with E-state index in [-0.39, 0.29) is 24.0 Å². The number of carbonyl (C=O) groups excluding carboxylic acids is 1. The number of allylic oxidation sites excluding steroid dienone is 1. The number of nitrogens with zero attached hydrogens (tertiary/aromatic N) is 1. The zero-order valence-corrected chi connectivity index (χ0v) is 28.0. The first-order chi connectivity index (χ1) is 21.7. The van der Waals surface area contributed by atoms with Gasteiger partial charge in [0.05, 0.1) is 19.3 Å². The highest BCUT2D eigenvalue weighted by molar-refractivity contribution is 8.03. The molecule has 5 rings (SSSR count). The summed E-state index contributed by atoms with van der Waals surface area (Å²) in [6.07, 6.45) is 3.18. The molecule has 3 fully saturated rings. The number of morpholine rings is 1. The summed E-state index contributed by atoms with van der Waals surface area (Å²) < 4.78 is 81.4. The largest absolute Gasteiger partial charge is 0.415 e. The average molecular weight is 672 g/mol. The highest BCUT2D eigenvalue weighted by atomic mass is 32.2. The van der Waals surface area contributed by atoms with E-state index in [2.05, 4.69) is 27.4 Å². The third-order valence-corrected chi connectivity index (χ3v) is 11.4. The third kappa shape index (κ3) is 8.43. The van der Waals surface area contributed by atoms with Crippen molar-refractivity contribution in [1.82, 2.24) is 4.90 Å². The number of carbonyl (C=O) groups is 1. The summed E-state index contributed by atoms with van der Waals surface area (Å²) in [7, 11) is 4.07. The van der Waals surface area contributed by atoms with Crippen LogP contribution in [0.15, 0.2) is 29.7 Å². The van der Waals surface area contributed by atoms with Crippen LogP contribution in [-0.4, -0.2) is 81.5 Å². The van der Waals surface area contributed by atoms with Gasteiger partial charge in [0.25, 0.3) is 11.7 Å². The minimum atomic E-state index is -4.43. The molecule has 2 radical (unpaired) electrons. The number of aryl methyl sites for hydroxylation is 1. The standard InChI is InChI=1S/C25H34FNO4.C9H13BF4S/c1-3-30-23-22(26)15-21-20-6-4-16-14-17(31-24(28)27-10-12-29-13-11-27)5-7-18(16)19(20)8-9-25(21,23)2;1-3-7(2)15-6-4-5-8(11,12)9(10,13)14/h5,7,14,19-23H,3-4,6,8-13,15H2,1-2H3;2-6H2,1H3. The number of alkyl halides is 5. The number of benzene rings is 1. The molecule has 1 saturated heterocycles. The summed E-state index contributed by atoms with van der Waals surface area (Å²) in [5, 5.41) is 0. The molecule has 6 atom stereocenters.